The summed E-state index contributed by atoms with van der Waals surface area (Å²) in [7, 11) is 0. The lowest BCUT2D eigenvalue weighted by Crippen LogP contribution is -2.54. The summed E-state index contributed by atoms with van der Waals surface area (Å²) in [4.78, 5) is 33.1. The fourth-order valence-electron chi connectivity index (χ4n) is 5.22. The monoisotopic (exact) mass is 392 g/mol. The Labute approximate surface area is 168 Å². The summed E-state index contributed by atoms with van der Waals surface area (Å²) >= 11 is 0. The molecular formula is C22H24N4O3. The zero-order valence-electron chi connectivity index (χ0n) is 16.3. The van der Waals surface area contributed by atoms with Crippen molar-refractivity contribution in [2.75, 3.05) is 0 Å². The highest BCUT2D eigenvalue weighted by atomic mass is 16.3. The lowest BCUT2D eigenvalue weighted by molar-refractivity contribution is -0.0536. The molecular weight excluding hydrogens is 368 g/mol. The number of carbonyl (C=O) groups is 1. The van der Waals surface area contributed by atoms with Crippen molar-refractivity contribution in [3.8, 4) is 0 Å². The Hall–Kier alpha value is -2.93. The van der Waals surface area contributed by atoms with Gasteiger partial charge in [0.05, 0.1) is 29.4 Å². The predicted octanol–water partition coefficient (Wildman–Crippen LogP) is 2.23. The first-order valence-corrected chi connectivity index (χ1v) is 10.1. The molecule has 0 spiro atoms. The van der Waals surface area contributed by atoms with Crippen LogP contribution >= 0.6 is 0 Å². The Morgan fingerprint density at radius 1 is 1.28 bits per heavy atom. The van der Waals surface area contributed by atoms with Gasteiger partial charge in [-0.2, -0.15) is 0 Å². The van der Waals surface area contributed by atoms with Crippen molar-refractivity contribution in [2.45, 2.75) is 56.8 Å². The van der Waals surface area contributed by atoms with Gasteiger partial charge in [-0.25, -0.2) is 0 Å². The number of H-pyrrole nitrogens is 1. The summed E-state index contributed by atoms with van der Waals surface area (Å²) in [6, 6.07) is 7.08. The maximum atomic E-state index is 13.0. The van der Waals surface area contributed by atoms with Crippen molar-refractivity contribution < 1.29 is 9.90 Å². The molecule has 0 aromatic carbocycles. The number of hydrogen-bond acceptors (Lipinski definition) is 4. The van der Waals surface area contributed by atoms with Gasteiger partial charge in [0, 0.05) is 41.6 Å². The minimum Gasteiger partial charge on any atom is -0.388 e. The molecule has 2 unspecified atom stereocenters. The van der Waals surface area contributed by atoms with Gasteiger partial charge in [-0.3, -0.25) is 14.6 Å². The van der Waals surface area contributed by atoms with Gasteiger partial charge < -0.3 is 19.6 Å². The van der Waals surface area contributed by atoms with Gasteiger partial charge in [0.25, 0.3) is 5.91 Å². The molecule has 2 aliphatic heterocycles. The van der Waals surface area contributed by atoms with Crippen molar-refractivity contribution in [1.29, 1.82) is 0 Å². The minimum atomic E-state index is -0.861. The van der Waals surface area contributed by atoms with Crippen LogP contribution in [0.25, 0.3) is 10.9 Å². The first-order valence-electron chi connectivity index (χ1n) is 10.1. The summed E-state index contributed by atoms with van der Waals surface area (Å²) in [5.74, 6) is -0.0670. The molecule has 2 saturated heterocycles. The molecule has 2 aliphatic rings. The molecule has 2 N–H and O–H groups in total. The fourth-order valence-corrected chi connectivity index (χ4v) is 5.22. The summed E-state index contributed by atoms with van der Waals surface area (Å²) in [6.45, 7) is 2.55. The molecule has 7 heteroatoms. The van der Waals surface area contributed by atoms with Crippen LogP contribution in [-0.2, 0) is 6.54 Å². The quantitative estimate of drug-likeness (QED) is 0.715. The third-order valence-electron chi connectivity index (χ3n) is 6.48. The second kappa shape index (κ2) is 6.56. The molecule has 29 heavy (non-hydrogen) atoms. The zero-order chi connectivity index (χ0) is 20.2. The number of aliphatic hydroxyl groups is 1. The number of aromatic nitrogens is 3. The van der Waals surface area contributed by atoms with Gasteiger partial charge in [0.1, 0.15) is 0 Å². The van der Waals surface area contributed by atoms with Gasteiger partial charge in [-0.1, -0.05) is 0 Å². The largest absolute Gasteiger partial charge is 0.388 e. The maximum absolute atomic E-state index is 13.0. The highest BCUT2D eigenvalue weighted by molar-refractivity contribution is 5.94. The predicted molar refractivity (Wildman–Crippen MR) is 109 cm³/mol. The van der Waals surface area contributed by atoms with Crippen molar-refractivity contribution in [3.63, 3.8) is 0 Å². The molecule has 0 aliphatic carbocycles. The number of hydrogen-bond donors (Lipinski definition) is 2. The molecule has 7 nitrogen and oxygen atoms in total. The summed E-state index contributed by atoms with van der Waals surface area (Å²) in [5, 5.41) is 12.6. The second-order valence-corrected chi connectivity index (χ2v) is 8.48. The SMILES string of the molecule is Cc1cc2ccncc2n1CC1(O)CC2CCC(C1)N2C(=O)c1ccc(=O)[nH]c1. The first kappa shape index (κ1) is 18.1. The van der Waals surface area contributed by atoms with Crippen molar-refractivity contribution in [1.82, 2.24) is 19.4 Å². The number of fused-ring (bicyclic) bond motifs is 3. The number of aryl methyl sites for hydroxylation is 1. The van der Waals surface area contributed by atoms with Crippen LogP contribution in [-0.4, -0.2) is 48.1 Å². The molecule has 2 fully saturated rings. The lowest BCUT2D eigenvalue weighted by Gasteiger charge is -2.44. The van der Waals surface area contributed by atoms with E-state index in [4.69, 9.17) is 0 Å². The highest BCUT2D eigenvalue weighted by Crippen LogP contribution is 2.42. The second-order valence-electron chi connectivity index (χ2n) is 8.48. The van der Waals surface area contributed by atoms with E-state index in [1.807, 2.05) is 24.1 Å². The molecule has 1 amide bonds. The Morgan fingerprint density at radius 2 is 2.03 bits per heavy atom. The van der Waals surface area contributed by atoms with E-state index in [1.165, 1.54) is 12.3 Å². The number of pyridine rings is 2. The third kappa shape index (κ3) is 3.06. The Bertz CT molecular complexity index is 1110. The number of nitrogens with one attached hydrogen (secondary N) is 1. The van der Waals surface area contributed by atoms with Crippen LogP contribution in [0, 0.1) is 6.92 Å². The third-order valence-corrected chi connectivity index (χ3v) is 6.48. The molecule has 2 atom stereocenters. The van der Waals surface area contributed by atoms with Gasteiger partial charge in [0.2, 0.25) is 5.56 Å². The Kier molecular flexibility index (Phi) is 4.10. The van der Waals surface area contributed by atoms with Gasteiger partial charge in [-0.05, 0) is 50.8 Å². The molecule has 150 valence electrons. The lowest BCUT2D eigenvalue weighted by atomic mass is 9.85. The molecule has 2 bridgehead atoms. The molecule has 5 rings (SSSR count). The van der Waals surface area contributed by atoms with Crippen LogP contribution in [0.5, 0.6) is 0 Å². The summed E-state index contributed by atoms with van der Waals surface area (Å²) in [6.07, 6.45) is 8.00. The van der Waals surface area contributed by atoms with Crippen molar-refractivity contribution >= 4 is 16.8 Å². The van der Waals surface area contributed by atoms with E-state index in [0.717, 1.165) is 29.4 Å². The molecule has 0 saturated carbocycles. The smallest absolute Gasteiger partial charge is 0.255 e. The van der Waals surface area contributed by atoms with Crippen LogP contribution in [0.3, 0.4) is 0 Å². The number of piperidine rings is 1. The molecule has 5 heterocycles. The topological polar surface area (TPSA) is 91.2 Å². The number of amides is 1. The summed E-state index contributed by atoms with van der Waals surface area (Å²) < 4.78 is 2.14. The zero-order valence-corrected chi connectivity index (χ0v) is 16.3. The van der Waals surface area contributed by atoms with Crippen LogP contribution in [0.15, 0.2) is 47.7 Å². The van der Waals surface area contributed by atoms with E-state index in [2.05, 4.69) is 20.6 Å². The van der Waals surface area contributed by atoms with E-state index in [-0.39, 0.29) is 23.6 Å². The van der Waals surface area contributed by atoms with Crippen LogP contribution < -0.4 is 5.56 Å². The van der Waals surface area contributed by atoms with Crippen molar-refractivity contribution in [3.05, 3.63) is 64.5 Å². The first-order chi connectivity index (χ1) is 13.9. The number of carbonyl (C=O) groups excluding carboxylic acids is 1. The summed E-state index contributed by atoms with van der Waals surface area (Å²) in [5.41, 5.74) is 1.53. The van der Waals surface area contributed by atoms with E-state index in [0.29, 0.717) is 24.9 Å². The standard InChI is InChI=1S/C22H24N4O3/c1-14-8-15-6-7-23-12-19(15)25(14)13-22(29)9-17-3-4-18(10-22)26(17)21(28)16-2-5-20(27)24-11-16/h2,5-8,11-12,17-18,29H,3-4,9-10,13H2,1H3,(H,24,27). The van der Waals surface area contributed by atoms with Gasteiger partial charge >= 0.3 is 0 Å². The molecule has 3 aromatic heterocycles. The van der Waals surface area contributed by atoms with E-state index < -0.39 is 5.60 Å². The normalized spacial score (nSPS) is 26.2. The fraction of sp³-hybridized carbons (Fsp3) is 0.409. The van der Waals surface area contributed by atoms with Crippen LogP contribution in [0.1, 0.15) is 41.7 Å². The van der Waals surface area contributed by atoms with E-state index in [9.17, 15) is 14.7 Å². The van der Waals surface area contributed by atoms with E-state index in [1.54, 1.807) is 12.3 Å². The average molecular weight is 392 g/mol. The van der Waals surface area contributed by atoms with Crippen LogP contribution in [0.2, 0.25) is 0 Å². The average Bonchev–Trinajstić information content (AvgIpc) is 3.16. The maximum Gasteiger partial charge on any atom is 0.255 e. The van der Waals surface area contributed by atoms with Gasteiger partial charge in [0.15, 0.2) is 0 Å². The van der Waals surface area contributed by atoms with Gasteiger partial charge in [-0.15, -0.1) is 0 Å². The Balaban J connectivity index is 1.40. The Morgan fingerprint density at radius 3 is 2.72 bits per heavy atom. The number of nitrogens with zero attached hydrogens (tertiary/aromatic N) is 3. The van der Waals surface area contributed by atoms with Crippen LogP contribution in [0.4, 0.5) is 0 Å². The molecule has 3 aromatic rings. The highest BCUT2D eigenvalue weighted by Gasteiger charge is 2.49. The van der Waals surface area contributed by atoms with Crippen molar-refractivity contribution in [2.24, 2.45) is 0 Å². The molecule has 0 radical (unpaired) electrons. The number of aromatic amines is 1. The minimum absolute atomic E-state index is 0.0124. The number of rotatable bonds is 3. The van der Waals surface area contributed by atoms with E-state index >= 15 is 0 Å².